The second-order valence-corrected chi connectivity index (χ2v) is 8.03. The Morgan fingerprint density at radius 2 is 1.79 bits per heavy atom. The molecule has 0 radical (unpaired) electrons. The summed E-state index contributed by atoms with van der Waals surface area (Å²) in [5.41, 5.74) is 10.7. The van der Waals surface area contributed by atoms with Crippen LogP contribution in [0, 0.1) is 12.3 Å². The molecule has 1 fully saturated rings. The SMILES string of the molecule is Cc1cc(C(=N)ON)n(C2CCOCC2)n1.NC1N=C(c2ccccc2)c2ccccc2N1O. The molecule has 1 atom stereocenters. The summed E-state index contributed by atoms with van der Waals surface area (Å²) in [4.78, 5) is 8.82. The van der Waals surface area contributed by atoms with Crippen molar-refractivity contribution in [2.24, 2.45) is 16.6 Å². The van der Waals surface area contributed by atoms with E-state index in [0.717, 1.165) is 53.7 Å². The first-order valence-corrected chi connectivity index (χ1v) is 11.1. The number of nitrogens with one attached hydrogen (secondary N) is 1. The van der Waals surface area contributed by atoms with E-state index in [1.54, 1.807) is 0 Å². The third-order valence-corrected chi connectivity index (χ3v) is 5.71. The predicted octanol–water partition coefficient (Wildman–Crippen LogP) is 2.73. The van der Waals surface area contributed by atoms with Crippen LogP contribution in [0.15, 0.2) is 65.7 Å². The molecule has 0 spiro atoms. The second-order valence-electron chi connectivity index (χ2n) is 8.03. The molecule has 6 N–H and O–H groups in total. The number of hydrogen-bond donors (Lipinski definition) is 4. The molecule has 1 aromatic heterocycles. The van der Waals surface area contributed by atoms with Crippen LogP contribution in [0.2, 0.25) is 0 Å². The minimum Gasteiger partial charge on any atom is -0.389 e. The van der Waals surface area contributed by atoms with Gasteiger partial charge in [0, 0.05) is 24.3 Å². The van der Waals surface area contributed by atoms with Crippen molar-refractivity contribution < 1.29 is 14.8 Å². The number of ether oxygens (including phenoxy) is 1. The average molecular weight is 464 g/mol. The Balaban J connectivity index is 0.000000162. The van der Waals surface area contributed by atoms with Crippen molar-refractivity contribution in [3.05, 3.63) is 83.2 Å². The van der Waals surface area contributed by atoms with Gasteiger partial charge in [-0.25, -0.2) is 10.1 Å². The summed E-state index contributed by atoms with van der Waals surface area (Å²) in [6, 6.07) is 19.4. The highest BCUT2D eigenvalue weighted by Crippen LogP contribution is 2.28. The fourth-order valence-electron chi connectivity index (χ4n) is 4.05. The standard InChI is InChI=1S/C14H13N3O.C10H16N4O2/c15-14-16-13(10-6-2-1-3-7-10)11-8-4-5-9-12(11)17(14)18;1-7-6-9(10(11)16-12)14(13-7)8-2-4-15-5-3-8/h1-9,14,18H,15H2;6,8,11H,2-5,12H2,1H3. The number of rotatable bonds is 3. The highest BCUT2D eigenvalue weighted by molar-refractivity contribution is 6.16. The van der Waals surface area contributed by atoms with E-state index >= 15 is 0 Å². The van der Waals surface area contributed by atoms with Crippen molar-refractivity contribution in [2.75, 3.05) is 18.3 Å². The molecular formula is C24H29N7O3. The molecule has 0 saturated carbocycles. The quantitative estimate of drug-likeness (QED) is 0.265. The summed E-state index contributed by atoms with van der Waals surface area (Å²) in [6.07, 6.45) is 1.05. The zero-order valence-corrected chi connectivity index (χ0v) is 19.0. The number of nitrogens with two attached hydrogens (primary N) is 2. The lowest BCUT2D eigenvalue weighted by Gasteiger charge is -2.29. The van der Waals surface area contributed by atoms with E-state index in [9.17, 15) is 5.21 Å². The van der Waals surface area contributed by atoms with E-state index in [1.807, 2.05) is 72.3 Å². The summed E-state index contributed by atoms with van der Waals surface area (Å²) in [7, 11) is 0. The summed E-state index contributed by atoms with van der Waals surface area (Å²) >= 11 is 0. The number of hydroxylamine groups is 1. The summed E-state index contributed by atoms with van der Waals surface area (Å²) in [5, 5.41) is 22.9. The average Bonchev–Trinajstić information content (AvgIpc) is 3.29. The Bertz CT molecular complexity index is 1160. The maximum Gasteiger partial charge on any atom is 0.255 e. The van der Waals surface area contributed by atoms with Crippen molar-refractivity contribution in [1.82, 2.24) is 9.78 Å². The first kappa shape index (κ1) is 23.6. The molecule has 0 bridgehead atoms. The summed E-state index contributed by atoms with van der Waals surface area (Å²) < 4.78 is 7.13. The topological polar surface area (TPSA) is 148 Å². The number of benzene rings is 2. The molecule has 0 aliphatic carbocycles. The Morgan fingerprint density at radius 1 is 1.12 bits per heavy atom. The van der Waals surface area contributed by atoms with Gasteiger partial charge in [-0.05, 0) is 31.9 Å². The minimum atomic E-state index is -0.768. The predicted molar refractivity (Wildman–Crippen MR) is 129 cm³/mol. The van der Waals surface area contributed by atoms with Crippen LogP contribution in [0.4, 0.5) is 5.69 Å². The van der Waals surface area contributed by atoms with Gasteiger partial charge in [-0.1, -0.05) is 48.5 Å². The minimum absolute atomic E-state index is 0.0490. The number of fused-ring (bicyclic) bond motifs is 1. The molecule has 0 amide bonds. The number of aliphatic imine (C=N–C) groups is 1. The molecule has 2 aliphatic heterocycles. The number of aryl methyl sites for hydroxylation is 1. The van der Waals surface area contributed by atoms with Crippen LogP contribution in [-0.2, 0) is 9.57 Å². The number of para-hydroxylation sites is 1. The molecular weight excluding hydrogens is 434 g/mol. The van der Waals surface area contributed by atoms with Crippen molar-refractivity contribution >= 4 is 17.3 Å². The van der Waals surface area contributed by atoms with Gasteiger partial charge in [-0.15, -0.1) is 0 Å². The molecule has 1 unspecified atom stereocenters. The molecule has 10 heteroatoms. The van der Waals surface area contributed by atoms with Crippen LogP contribution in [0.5, 0.6) is 0 Å². The Morgan fingerprint density at radius 3 is 2.50 bits per heavy atom. The Kier molecular flexibility index (Phi) is 7.33. The van der Waals surface area contributed by atoms with E-state index in [-0.39, 0.29) is 11.9 Å². The molecule has 5 rings (SSSR count). The van der Waals surface area contributed by atoms with Crippen molar-refractivity contribution in [1.29, 1.82) is 5.41 Å². The van der Waals surface area contributed by atoms with Crippen LogP contribution < -0.4 is 16.7 Å². The number of nitrogens with zero attached hydrogens (tertiary/aromatic N) is 4. The number of anilines is 1. The van der Waals surface area contributed by atoms with Crippen LogP contribution in [0.25, 0.3) is 0 Å². The molecule has 34 heavy (non-hydrogen) atoms. The summed E-state index contributed by atoms with van der Waals surface area (Å²) in [6.45, 7) is 3.36. The van der Waals surface area contributed by atoms with Gasteiger partial charge < -0.3 is 9.57 Å². The molecule has 2 aliphatic rings. The van der Waals surface area contributed by atoms with E-state index in [4.69, 9.17) is 21.8 Å². The van der Waals surface area contributed by atoms with Crippen molar-refractivity contribution in [3.63, 3.8) is 0 Å². The maximum atomic E-state index is 9.90. The molecule has 1 saturated heterocycles. The van der Waals surface area contributed by atoms with Gasteiger partial charge in [-0.3, -0.25) is 21.0 Å². The van der Waals surface area contributed by atoms with Gasteiger partial charge in [-0.2, -0.15) is 11.0 Å². The monoisotopic (exact) mass is 463 g/mol. The van der Waals surface area contributed by atoms with Crippen LogP contribution in [0.1, 0.15) is 41.4 Å². The fourth-order valence-corrected chi connectivity index (χ4v) is 4.05. The number of aromatic nitrogens is 2. The van der Waals surface area contributed by atoms with E-state index in [2.05, 4.69) is 14.9 Å². The second kappa shape index (κ2) is 10.6. The Hall–Kier alpha value is -3.57. The van der Waals surface area contributed by atoms with Crippen LogP contribution >= 0.6 is 0 Å². The first-order valence-electron chi connectivity index (χ1n) is 11.1. The fraction of sp³-hybridized carbons (Fsp3) is 0.292. The van der Waals surface area contributed by atoms with E-state index < -0.39 is 6.29 Å². The van der Waals surface area contributed by atoms with Crippen LogP contribution in [0.3, 0.4) is 0 Å². The molecule has 178 valence electrons. The lowest BCUT2D eigenvalue weighted by atomic mass is 9.99. The largest absolute Gasteiger partial charge is 0.389 e. The summed E-state index contributed by atoms with van der Waals surface area (Å²) in [5.74, 6) is 4.97. The molecule has 2 aromatic carbocycles. The highest BCUT2D eigenvalue weighted by atomic mass is 16.6. The van der Waals surface area contributed by atoms with Gasteiger partial charge >= 0.3 is 0 Å². The van der Waals surface area contributed by atoms with Crippen molar-refractivity contribution in [3.8, 4) is 0 Å². The zero-order chi connectivity index (χ0) is 24.1. The Labute approximate surface area is 197 Å². The highest BCUT2D eigenvalue weighted by Gasteiger charge is 2.25. The normalized spacial score (nSPS) is 17.8. The lowest BCUT2D eigenvalue weighted by molar-refractivity contribution is 0.0657. The third-order valence-electron chi connectivity index (χ3n) is 5.71. The smallest absolute Gasteiger partial charge is 0.255 e. The third kappa shape index (κ3) is 5.00. The lowest BCUT2D eigenvalue weighted by Crippen LogP contribution is -2.42. The van der Waals surface area contributed by atoms with Gasteiger partial charge in [0.1, 0.15) is 5.69 Å². The van der Waals surface area contributed by atoms with Gasteiger partial charge in [0.15, 0.2) is 6.29 Å². The molecule has 3 heterocycles. The van der Waals surface area contributed by atoms with Crippen LogP contribution in [-0.4, -0.2) is 46.1 Å². The van der Waals surface area contributed by atoms with Gasteiger partial charge in [0.05, 0.1) is 23.1 Å². The van der Waals surface area contributed by atoms with E-state index in [0.29, 0.717) is 11.4 Å². The van der Waals surface area contributed by atoms with E-state index in [1.165, 1.54) is 0 Å². The first-order chi connectivity index (χ1) is 16.5. The zero-order valence-electron chi connectivity index (χ0n) is 19.0. The van der Waals surface area contributed by atoms with Crippen molar-refractivity contribution in [2.45, 2.75) is 32.1 Å². The number of hydrogen-bond acceptors (Lipinski definition) is 9. The molecule has 3 aromatic rings. The maximum absolute atomic E-state index is 9.90. The van der Waals surface area contributed by atoms with Gasteiger partial charge in [0.25, 0.3) is 5.90 Å². The van der Waals surface area contributed by atoms with Gasteiger partial charge in [0.2, 0.25) is 0 Å². The molecule has 10 nitrogen and oxygen atoms in total.